The van der Waals surface area contributed by atoms with Crippen molar-refractivity contribution in [3.05, 3.63) is 11.3 Å². The Morgan fingerprint density at radius 1 is 1.44 bits per heavy atom. The van der Waals surface area contributed by atoms with Gasteiger partial charge >= 0.3 is 5.97 Å². The van der Waals surface area contributed by atoms with Gasteiger partial charge in [0.2, 0.25) is 5.91 Å². The van der Waals surface area contributed by atoms with Gasteiger partial charge in [0.1, 0.15) is 10.6 Å². The normalized spacial score (nSPS) is 13.2. The molecule has 0 saturated carbocycles. The quantitative estimate of drug-likeness (QED) is 0.771. The van der Waals surface area contributed by atoms with Crippen molar-refractivity contribution in [3.8, 4) is 0 Å². The standard InChI is InChI=1S/C11H17N3O3S/c1-5-6(10(16)17)9(18-14-5)13-8(15)7(12)11(2,3)4/h7H,12H2,1-4H3,(H,13,15)(H,16,17)/t7-/m0/s1. The molecular formula is C11H17N3O3S. The van der Waals surface area contributed by atoms with Gasteiger partial charge in [-0.1, -0.05) is 20.8 Å². The second-order valence-corrected chi connectivity index (χ2v) is 5.88. The fourth-order valence-corrected chi connectivity index (χ4v) is 2.08. The van der Waals surface area contributed by atoms with Crippen molar-refractivity contribution in [2.24, 2.45) is 11.1 Å². The van der Waals surface area contributed by atoms with Crippen molar-refractivity contribution in [1.29, 1.82) is 0 Å². The molecule has 0 unspecified atom stereocenters. The lowest BCUT2D eigenvalue weighted by molar-refractivity contribution is -0.119. The number of carbonyl (C=O) groups excluding carboxylic acids is 1. The summed E-state index contributed by atoms with van der Waals surface area (Å²) in [6.45, 7) is 7.10. The van der Waals surface area contributed by atoms with Gasteiger partial charge in [0.25, 0.3) is 0 Å². The Kier molecular flexibility index (Phi) is 4.08. The van der Waals surface area contributed by atoms with Crippen LogP contribution in [-0.2, 0) is 4.79 Å². The van der Waals surface area contributed by atoms with Crippen LogP contribution in [-0.4, -0.2) is 27.4 Å². The van der Waals surface area contributed by atoms with Crippen LogP contribution in [0.1, 0.15) is 36.8 Å². The zero-order chi connectivity index (χ0) is 14.1. The Bertz CT molecular complexity index is 476. The van der Waals surface area contributed by atoms with Crippen LogP contribution in [0.25, 0.3) is 0 Å². The number of aryl methyl sites for hydroxylation is 1. The van der Waals surface area contributed by atoms with E-state index in [0.717, 1.165) is 11.5 Å². The summed E-state index contributed by atoms with van der Waals surface area (Å²) in [4.78, 5) is 22.9. The number of nitrogens with two attached hydrogens (primary N) is 1. The van der Waals surface area contributed by atoms with E-state index >= 15 is 0 Å². The van der Waals surface area contributed by atoms with Crippen molar-refractivity contribution >= 4 is 28.4 Å². The number of carboxylic acids is 1. The molecule has 0 aliphatic rings. The number of nitrogens with zero attached hydrogens (tertiary/aromatic N) is 1. The molecule has 0 radical (unpaired) electrons. The first-order valence-electron chi connectivity index (χ1n) is 5.40. The minimum atomic E-state index is -1.11. The largest absolute Gasteiger partial charge is 0.478 e. The Morgan fingerprint density at radius 3 is 2.44 bits per heavy atom. The summed E-state index contributed by atoms with van der Waals surface area (Å²) in [5, 5.41) is 11.8. The van der Waals surface area contributed by atoms with Gasteiger partial charge in [-0.2, -0.15) is 4.37 Å². The monoisotopic (exact) mass is 271 g/mol. The lowest BCUT2D eigenvalue weighted by Gasteiger charge is -2.25. The maximum Gasteiger partial charge on any atom is 0.340 e. The van der Waals surface area contributed by atoms with E-state index in [1.54, 1.807) is 6.92 Å². The number of rotatable bonds is 3. The third kappa shape index (κ3) is 3.05. The minimum Gasteiger partial charge on any atom is -0.478 e. The number of anilines is 1. The van der Waals surface area contributed by atoms with E-state index in [9.17, 15) is 9.59 Å². The third-order valence-corrected chi connectivity index (χ3v) is 3.38. The van der Waals surface area contributed by atoms with Gasteiger partial charge in [0, 0.05) is 0 Å². The average Bonchev–Trinajstić information content (AvgIpc) is 2.57. The molecule has 0 spiro atoms. The van der Waals surface area contributed by atoms with Crippen LogP contribution in [0.3, 0.4) is 0 Å². The van der Waals surface area contributed by atoms with Crippen molar-refractivity contribution in [2.45, 2.75) is 33.7 Å². The molecule has 0 aliphatic carbocycles. The summed E-state index contributed by atoms with van der Waals surface area (Å²) < 4.78 is 3.92. The van der Waals surface area contributed by atoms with Crippen LogP contribution in [0.5, 0.6) is 0 Å². The molecule has 1 amide bonds. The second kappa shape index (κ2) is 5.03. The van der Waals surface area contributed by atoms with Gasteiger partial charge in [-0.05, 0) is 23.9 Å². The highest BCUT2D eigenvalue weighted by atomic mass is 32.1. The number of amides is 1. The maximum absolute atomic E-state index is 11.9. The van der Waals surface area contributed by atoms with E-state index in [-0.39, 0.29) is 10.6 Å². The van der Waals surface area contributed by atoms with E-state index < -0.39 is 23.3 Å². The van der Waals surface area contributed by atoms with Gasteiger partial charge < -0.3 is 16.2 Å². The number of nitrogens with one attached hydrogen (secondary N) is 1. The predicted octanol–water partition coefficient (Wildman–Crippen LogP) is 1.46. The molecule has 1 aromatic rings. The van der Waals surface area contributed by atoms with Crippen LogP contribution in [0, 0.1) is 12.3 Å². The number of hydrogen-bond acceptors (Lipinski definition) is 5. The van der Waals surface area contributed by atoms with Crippen molar-refractivity contribution in [1.82, 2.24) is 4.37 Å². The van der Waals surface area contributed by atoms with Crippen molar-refractivity contribution < 1.29 is 14.7 Å². The Morgan fingerprint density at radius 2 is 2.00 bits per heavy atom. The van der Waals surface area contributed by atoms with E-state index in [1.165, 1.54) is 0 Å². The van der Waals surface area contributed by atoms with Crippen LogP contribution < -0.4 is 11.1 Å². The fraction of sp³-hybridized carbons (Fsp3) is 0.545. The molecule has 1 heterocycles. The van der Waals surface area contributed by atoms with Crippen molar-refractivity contribution in [3.63, 3.8) is 0 Å². The first kappa shape index (κ1) is 14.6. The summed E-state index contributed by atoms with van der Waals surface area (Å²) in [5.41, 5.74) is 5.81. The van der Waals surface area contributed by atoms with Gasteiger partial charge in [-0.3, -0.25) is 4.79 Å². The number of hydrogen-bond donors (Lipinski definition) is 3. The van der Waals surface area contributed by atoms with Crippen LogP contribution in [0.15, 0.2) is 0 Å². The van der Waals surface area contributed by atoms with Gasteiger partial charge in [-0.15, -0.1) is 0 Å². The molecular weight excluding hydrogens is 254 g/mol. The van der Waals surface area contributed by atoms with Gasteiger partial charge in [0.05, 0.1) is 11.7 Å². The topological polar surface area (TPSA) is 105 Å². The molecule has 0 aromatic carbocycles. The molecule has 1 aromatic heterocycles. The maximum atomic E-state index is 11.9. The zero-order valence-corrected chi connectivity index (χ0v) is 11.6. The molecule has 4 N–H and O–H groups in total. The van der Waals surface area contributed by atoms with Crippen LogP contribution >= 0.6 is 11.5 Å². The second-order valence-electron chi connectivity index (χ2n) is 5.11. The van der Waals surface area contributed by atoms with Gasteiger partial charge in [0.15, 0.2) is 0 Å². The molecule has 6 nitrogen and oxygen atoms in total. The van der Waals surface area contributed by atoms with Crippen molar-refractivity contribution in [2.75, 3.05) is 5.32 Å². The summed E-state index contributed by atoms with van der Waals surface area (Å²) in [6.07, 6.45) is 0. The first-order valence-corrected chi connectivity index (χ1v) is 6.18. The number of aromatic carboxylic acids is 1. The molecule has 0 aliphatic heterocycles. The molecule has 100 valence electrons. The lowest BCUT2D eigenvalue weighted by atomic mass is 9.87. The average molecular weight is 271 g/mol. The van der Waals surface area contributed by atoms with Crippen LogP contribution in [0.2, 0.25) is 0 Å². The highest BCUT2D eigenvalue weighted by Gasteiger charge is 2.29. The minimum absolute atomic E-state index is 0.0226. The number of carbonyl (C=O) groups is 2. The smallest absolute Gasteiger partial charge is 0.340 e. The van der Waals surface area contributed by atoms with E-state index in [0.29, 0.717) is 5.69 Å². The molecule has 1 atom stereocenters. The lowest BCUT2D eigenvalue weighted by Crippen LogP contribution is -2.45. The summed E-state index contributed by atoms with van der Waals surface area (Å²) in [7, 11) is 0. The molecule has 7 heteroatoms. The molecule has 0 fully saturated rings. The van der Waals surface area contributed by atoms with E-state index in [2.05, 4.69) is 9.69 Å². The summed E-state index contributed by atoms with van der Waals surface area (Å²) in [5.74, 6) is -1.52. The Balaban J connectivity index is 2.93. The Hall–Kier alpha value is -1.47. The SMILES string of the molecule is Cc1nsc(NC(=O)[C@H](N)C(C)(C)C)c1C(=O)O. The number of carboxylic acid groups (broad SMARTS) is 1. The zero-order valence-electron chi connectivity index (χ0n) is 10.8. The number of aromatic nitrogens is 1. The Labute approximate surface area is 109 Å². The summed E-state index contributed by atoms with van der Waals surface area (Å²) >= 11 is 0.943. The fourth-order valence-electron chi connectivity index (χ4n) is 1.29. The van der Waals surface area contributed by atoms with Crippen LogP contribution in [0.4, 0.5) is 5.00 Å². The molecule has 18 heavy (non-hydrogen) atoms. The first-order chi connectivity index (χ1) is 8.14. The van der Waals surface area contributed by atoms with E-state index in [1.807, 2.05) is 20.8 Å². The highest BCUT2D eigenvalue weighted by molar-refractivity contribution is 7.11. The summed E-state index contributed by atoms with van der Waals surface area (Å²) in [6, 6.07) is -0.721. The molecule has 1 rings (SSSR count). The molecule has 0 bridgehead atoms. The van der Waals surface area contributed by atoms with Gasteiger partial charge in [-0.25, -0.2) is 4.79 Å². The van der Waals surface area contributed by atoms with E-state index in [4.69, 9.17) is 10.8 Å². The molecule has 0 saturated heterocycles. The predicted molar refractivity (Wildman–Crippen MR) is 69.9 cm³/mol. The third-order valence-electron chi connectivity index (χ3n) is 2.53. The highest BCUT2D eigenvalue weighted by Crippen LogP contribution is 2.26.